The van der Waals surface area contributed by atoms with Gasteiger partial charge in [0.05, 0.1) is 0 Å². The normalized spacial score (nSPS) is 11.2. The van der Waals surface area contributed by atoms with Crippen LogP contribution in [0.5, 0.6) is 0 Å². The second-order valence-corrected chi connectivity index (χ2v) is 7.65. The first kappa shape index (κ1) is 19.7. The first-order valence-electron chi connectivity index (χ1n) is 10.6. The summed E-state index contributed by atoms with van der Waals surface area (Å²) in [5.41, 5.74) is 3.89. The second-order valence-electron chi connectivity index (χ2n) is 7.65. The van der Waals surface area contributed by atoms with Gasteiger partial charge < -0.3 is 4.57 Å². The monoisotopic (exact) mass is 414 g/mol. The van der Waals surface area contributed by atoms with Gasteiger partial charge in [-0.15, -0.1) is 0 Å². The maximum absolute atomic E-state index is 11.9. The molecule has 0 fully saturated rings. The third-order valence-electron chi connectivity index (χ3n) is 5.81. The summed E-state index contributed by atoms with van der Waals surface area (Å²) in [6.45, 7) is 0. The Hall–Kier alpha value is -4.24. The van der Waals surface area contributed by atoms with Crippen LogP contribution in [0.1, 0.15) is 27.2 Å². The van der Waals surface area contributed by atoms with E-state index in [1.807, 2.05) is 54.7 Å². The van der Waals surface area contributed by atoms with E-state index >= 15 is 0 Å². The molecule has 0 unspecified atom stereocenters. The van der Waals surface area contributed by atoms with E-state index in [4.69, 9.17) is 4.98 Å². The SMILES string of the molecule is O=Cc1cn(C(c2ccccc2)(c2ccccc2)c2ccccc2)c(-c2ccccc2)n1. The number of aromatic nitrogens is 2. The molecule has 0 saturated heterocycles. The Bertz CT molecular complexity index is 1210. The molecule has 3 heteroatoms. The van der Waals surface area contributed by atoms with E-state index in [2.05, 4.69) is 77.4 Å². The Morgan fingerprint density at radius 2 is 1.00 bits per heavy atom. The number of carbonyl (C=O) groups excluding carboxylic acids is 1. The van der Waals surface area contributed by atoms with Gasteiger partial charge in [-0.3, -0.25) is 4.79 Å². The van der Waals surface area contributed by atoms with Crippen LogP contribution in [0.4, 0.5) is 0 Å². The highest BCUT2D eigenvalue weighted by Crippen LogP contribution is 2.43. The lowest BCUT2D eigenvalue weighted by Gasteiger charge is -2.38. The zero-order chi connectivity index (χ0) is 21.8. The fraction of sp³-hybridized carbons (Fsp3) is 0.0345. The van der Waals surface area contributed by atoms with Crippen LogP contribution < -0.4 is 0 Å². The highest BCUT2D eigenvalue weighted by molar-refractivity contribution is 5.74. The predicted octanol–water partition coefficient (Wildman–Crippen LogP) is 6.20. The molecule has 0 amide bonds. The van der Waals surface area contributed by atoms with Crippen molar-refractivity contribution in [1.82, 2.24) is 9.55 Å². The number of rotatable bonds is 6. The van der Waals surface area contributed by atoms with Crippen LogP contribution in [-0.2, 0) is 5.54 Å². The molecule has 0 N–H and O–H groups in total. The Morgan fingerprint density at radius 3 is 1.41 bits per heavy atom. The predicted molar refractivity (Wildman–Crippen MR) is 128 cm³/mol. The summed E-state index contributed by atoms with van der Waals surface area (Å²) in [6.07, 6.45) is 2.68. The number of nitrogens with zero attached hydrogens (tertiary/aromatic N) is 2. The smallest absolute Gasteiger partial charge is 0.170 e. The van der Waals surface area contributed by atoms with Crippen LogP contribution in [0.25, 0.3) is 11.4 Å². The van der Waals surface area contributed by atoms with Crippen LogP contribution in [0.2, 0.25) is 0 Å². The topological polar surface area (TPSA) is 34.9 Å². The van der Waals surface area contributed by atoms with Crippen molar-refractivity contribution in [2.45, 2.75) is 5.54 Å². The number of hydrogen-bond acceptors (Lipinski definition) is 2. The molecule has 5 aromatic rings. The minimum absolute atomic E-state index is 0.399. The summed E-state index contributed by atoms with van der Waals surface area (Å²) < 4.78 is 2.14. The summed E-state index contributed by atoms with van der Waals surface area (Å²) in [5.74, 6) is 0.740. The van der Waals surface area contributed by atoms with Crippen LogP contribution in [0.15, 0.2) is 128 Å². The average molecular weight is 415 g/mol. The van der Waals surface area contributed by atoms with Gasteiger partial charge in [0.1, 0.15) is 17.1 Å². The van der Waals surface area contributed by atoms with Gasteiger partial charge in [-0.05, 0) is 16.7 Å². The fourth-order valence-corrected chi connectivity index (χ4v) is 4.46. The third-order valence-corrected chi connectivity index (χ3v) is 5.81. The van der Waals surface area contributed by atoms with Gasteiger partial charge >= 0.3 is 0 Å². The molecule has 32 heavy (non-hydrogen) atoms. The molecular weight excluding hydrogens is 392 g/mol. The van der Waals surface area contributed by atoms with E-state index in [9.17, 15) is 4.79 Å². The van der Waals surface area contributed by atoms with Crippen molar-refractivity contribution in [1.29, 1.82) is 0 Å². The van der Waals surface area contributed by atoms with Gasteiger partial charge in [-0.25, -0.2) is 4.98 Å². The molecule has 0 saturated carbocycles. The van der Waals surface area contributed by atoms with Gasteiger partial charge in [0.15, 0.2) is 6.29 Å². The average Bonchev–Trinajstić information content (AvgIpc) is 3.32. The number of carbonyl (C=O) groups is 1. The summed E-state index contributed by atoms with van der Waals surface area (Å²) >= 11 is 0. The summed E-state index contributed by atoms with van der Waals surface area (Å²) in [6, 6.07) is 41.2. The molecule has 0 aliphatic heterocycles. The maximum atomic E-state index is 11.9. The van der Waals surface area contributed by atoms with Gasteiger partial charge in [0, 0.05) is 11.8 Å². The molecule has 3 nitrogen and oxygen atoms in total. The van der Waals surface area contributed by atoms with Crippen molar-refractivity contribution in [2.24, 2.45) is 0 Å². The number of aldehydes is 1. The molecule has 154 valence electrons. The minimum Gasteiger partial charge on any atom is -0.312 e. The Labute approximate surface area is 187 Å². The highest BCUT2D eigenvalue weighted by Gasteiger charge is 2.40. The zero-order valence-corrected chi connectivity index (χ0v) is 17.5. The summed E-state index contributed by atoms with van der Waals surface area (Å²) in [7, 11) is 0. The molecule has 1 aromatic heterocycles. The molecule has 0 atom stereocenters. The molecular formula is C29H22N2O. The van der Waals surface area contributed by atoms with Gasteiger partial charge in [-0.1, -0.05) is 121 Å². The van der Waals surface area contributed by atoms with E-state index in [0.717, 1.165) is 34.4 Å². The number of benzene rings is 4. The van der Waals surface area contributed by atoms with Gasteiger partial charge in [-0.2, -0.15) is 0 Å². The molecule has 5 rings (SSSR count). The van der Waals surface area contributed by atoms with Crippen LogP contribution >= 0.6 is 0 Å². The van der Waals surface area contributed by atoms with E-state index in [1.165, 1.54) is 0 Å². The first-order valence-corrected chi connectivity index (χ1v) is 10.6. The molecule has 0 aliphatic carbocycles. The fourth-order valence-electron chi connectivity index (χ4n) is 4.46. The maximum Gasteiger partial charge on any atom is 0.170 e. The van der Waals surface area contributed by atoms with Crippen LogP contribution in [0.3, 0.4) is 0 Å². The van der Waals surface area contributed by atoms with Crippen molar-refractivity contribution in [2.75, 3.05) is 0 Å². The van der Waals surface area contributed by atoms with E-state index in [0.29, 0.717) is 5.69 Å². The Morgan fingerprint density at radius 1 is 0.594 bits per heavy atom. The zero-order valence-electron chi connectivity index (χ0n) is 17.5. The lowest BCUT2D eigenvalue weighted by atomic mass is 9.76. The number of hydrogen-bond donors (Lipinski definition) is 0. The van der Waals surface area contributed by atoms with Crippen molar-refractivity contribution >= 4 is 6.29 Å². The van der Waals surface area contributed by atoms with Crippen molar-refractivity contribution in [3.8, 4) is 11.4 Å². The van der Waals surface area contributed by atoms with Crippen molar-refractivity contribution < 1.29 is 4.79 Å². The standard InChI is InChI=1S/C29H22N2O/c32-22-27-21-31(28(30-27)23-13-5-1-6-14-23)29(24-15-7-2-8-16-24,25-17-9-3-10-18-25)26-19-11-4-12-20-26/h1-22H. The Balaban J connectivity index is 1.95. The summed E-state index contributed by atoms with van der Waals surface area (Å²) in [5, 5.41) is 0. The molecule has 0 bridgehead atoms. The van der Waals surface area contributed by atoms with E-state index in [1.54, 1.807) is 0 Å². The van der Waals surface area contributed by atoms with Gasteiger partial charge in [0.25, 0.3) is 0 Å². The lowest BCUT2D eigenvalue weighted by Crippen LogP contribution is -2.37. The van der Waals surface area contributed by atoms with Crippen LogP contribution in [0, 0.1) is 0 Å². The molecule has 4 aromatic carbocycles. The Kier molecular flexibility index (Phi) is 5.22. The molecule has 0 aliphatic rings. The van der Waals surface area contributed by atoms with Crippen molar-refractivity contribution in [3.05, 3.63) is 150 Å². The largest absolute Gasteiger partial charge is 0.312 e. The highest BCUT2D eigenvalue weighted by atomic mass is 16.1. The van der Waals surface area contributed by atoms with E-state index < -0.39 is 5.54 Å². The number of imidazole rings is 1. The molecule has 1 heterocycles. The second kappa shape index (κ2) is 8.48. The lowest BCUT2D eigenvalue weighted by molar-refractivity contribution is 0.111. The van der Waals surface area contributed by atoms with Crippen molar-refractivity contribution in [3.63, 3.8) is 0 Å². The van der Waals surface area contributed by atoms with Crippen LogP contribution in [-0.4, -0.2) is 15.8 Å². The summed E-state index contributed by atoms with van der Waals surface area (Å²) in [4.78, 5) is 16.6. The third kappa shape index (κ3) is 3.25. The van der Waals surface area contributed by atoms with E-state index in [-0.39, 0.29) is 0 Å². The molecule has 0 spiro atoms. The quantitative estimate of drug-likeness (QED) is 0.245. The first-order chi connectivity index (χ1) is 15.8. The molecule has 0 radical (unpaired) electrons. The van der Waals surface area contributed by atoms with Gasteiger partial charge in [0.2, 0.25) is 0 Å². The minimum atomic E-state index is -0.719.